The van der Waals surface area contributed by atoms with Crippen molar-refractivity contribution in [2.75, 3.05) is 59.0 Å². The highest BCUT2D eigenvalue weighted by Crippen LogP contribution is 2.32. The average Bonchev–Trinajstić information content (AvgIpc) is 3.23. The zero-order valence-electron chi connectivity index (χ0n) is 35.3. The fourth-order valence-corrected chi connectivity index (χ4v) is 8.60. The lowest BCUT2D eigenvalue weighted by Gasteiger charge is -2.45. The number of likely N-dealkylation sites (tertiary alicyclic amines) is 1. The number of quaternary nitrogens is 1. The summed E-state index contributed by atoms with van der Waals surface area (Å²) in [5.74, 6) is -0.441. The van der Waals surface area contributed by atoms with Crippen molar-refractivity contribution in [3.8, 4) is 16.9 Å². The summed E-state index contributed by atoms with van der Waals surface area (Å²) in [7, 11) is 0. The van der Waals surface area contributed by atoms with Gasteiger partial charge in [0.15, 0.2) is 6.54 Å². The molecule has 0 saturated carbocycles. The van der Waals surface area contributed by atoms with Gasteiger partial charge in [-0.15, -0.1) is 0 Å². The standard InChI is InChI=1S/C48H58ClFN4O6/c1-5-58-43-18-12-17-42(50)41(43)32-52-24-26-53(27-25-52)46(56)45(51-47(57)59-34-35-13-8-6-9-14-35)37-21-28-54(29-22-37,33-44(55)60-48(2,3)4)30-23-38-31-39(49)19-20-40(38)36-15-10-7-11-16-36/h6-20,31,37,45H,5,21-30,32-34H2,1-4H3/p+1/t37?,45-,54?/m1/s1. The van der Waals surface area contributed by atoms with E-state index in [1.807, 2.05) is 94.4 Å². The SMILES string of the molecule is CCOc1cccc(F)c1CN1CCN(C(=O)[C@H](NC(=O)OCc2ccccc2)C2CC[N+](CCc3cc(Cl)ccc3-c3ccccc3)(CC(=O)OC(C)(C)C)CC2)CC1. The van der Waals surface area contributed by atoms with Crippen LogP contribution in [0.4, 0.5) is 9.18 Å². The number of hydrogen-bond donors (Lipinski definition) is 1. The highest BCUT2D eigenvalue weighted by molar-refractivity contribution is 6.30. The Morgan fingerprint density at radius 2 is 1.58 bits per heavy atom. The maximum atomic E-state index is 14.9. The second kappa shape index (κ2) is 20.5. The van der Waals surface area contributed by atoms with Crippen LogP contribution in [0, 0.1) is 11.7 Å². The number of carbonyl (C=O) groups is 3. The van der Waals surface area contributed by atoms with E-state index in [2.05, 4.69) is 22.3 Å². The number of esters is 1. The van der Waals surface area contributed by atoms with Crippen molar-refractivity contribution < 1.29 is 37.5 Å². The van der Waals surface area contributed by atoms with Crippen LogP contribution in [-0.4, -0.2) is 103 Å². The molecular weight excluding hydrogens is 783 g/mol. The number of ether oxygens (including phenoxy) is 3. The van der Waals surface area contributed by atoms with Crippen LogP contribution >= 0.6 is 11.6 Å². The predicted octanol–water partition coefficient (Wildman–Crippen LogP) is 8.30. The number of nitrogens with zero attached hydrogens (tertiary/aromatic N) is 3. The van der Waals surface area contributed by atoms with Gasteiger partial charge in [0.1, 0.15) is 29.8 Å². The maximum Gasteiger partial charge on any atom is 0.408 e. The Balaban J connectivity index is 1.19. The molecule has 1 N–H and O–H groups in total. The Labute approximate surface area is 359 Å². The van der Waals surface area contributed by atoms with E-state index in [9.17, 15) is 18.8 Å². The summed E-state index contributed by atoms with van der Waals surface area (Å²) in [6.45, 7) is 12.3. The smallest absolute Gasteiger partial charge is 0.408 e. The van der Waals surface area contributed by atoms with Gasteiger partial charge < -0.3 is 28.9 Å². The van der Waals surface area contributed by atoms with E-state index < -0.39 is 17.7 Å². The molecule has 2 aliphatic heterocycles. The van der Waals surface area contributed by atoms with E-state index in [0.717, 1.165) is 22.3 Å². The Morgan fingerprint density at radius 1 is 0.900 bits per heavy atom. The molecular formula is C48H59ClFN4O6+. The summed E-state index contributed by atoms with van der Waals surface area (Å²) in [6.07, 6.45) is 1.20. The van der Waals surface area contributed by atoms with E-state index in [4.69, 9.17) is 25.8 Å². The molecule has 2 saturated heterocycles. The minimum absolute atomic E-state index is 0.0705. The van der Waals surface area contributed by atoms with Gasteiger partial charge in [0.25, 0.3) is 0 Å². The Bertz CT molecular complexity index is 2050. The van der Waals surface area contributed by atoms with Crippen LogP contribution in [0.15, 0.2) is 97.1 Å². The van der Waals surface area contributed by atoms with Gasteiger partial charge in [-0.25, -0.2) is 14.0 Å². The molecule has 6 rings (SSSR count). The minimum atomic E-state index is -0.836. The van der Waals surface area contributed by atoms with Crippen LogP contribution in [0.5, 0.6) is 5.75 Å². The lowest BCUT2D eigenvalue weighted by atomic mass is 9.86. The normalized spacial score (nSPS) is 19.0. The summed E-state index contributed by atoms with van der Waals surface area (Å²) in [6, 6.07) is 29.6. The summed E-state index contributed by atoms with van der Waals surface area (Å²) >= 11 is 6.55. The second-order valence-electron chi connectivity index (χ2n) is 16.9. The number of rotatable bonds is 15. The molecule has 0 bridgehead atoms. The molecule has 0 aliphatic carbocycles. The number of halogens is 2. The zero-order chi connectivity index (χ0) is 42.7. The second-order valence-corrected chi connectivity index (χ2v) is 17.4. The van der Waals surface area contributed by atoms with Gasteiger partial charge in [0.2, 0.25) is 5.91 Å². The Kier molecular flexibility index (Phi) is 15.3. The molecule has 0 unspecified atom stereocenters. The first-order valence-electron chi connectivity index (χ1n) is 21.1. The molecule has 60 heavy (non-hydrogen) atoms. The van der Waals surface area contributed by atoms with E-state index in [1.54, 1.807) is 17.0 Å². The van der Waals surface area contributed by atoms with Crippen LogP contribution < -0.4 is 10.1 Å². The molecule has 0 aromatic heterocycles. The largest absolute Gasteiger partial charge is 0.493 e. The molecule has 2 aliphatic rings. The van der Waals surface area contributed by atoms with Gasteiger partial charge in [0, 0.05) is 62.6 Å². The van der Waals surface area contributed by atoms with Crippen molar-refractivity contribution in [1.29, 1.82) is 0 Å². The third-order valence-electron chi connectivity index (χ3n) is 11.5. The quantitative estimate of drug-likeness (QED) is 0.0951. The van der Waals surface area contributed by atoms with Crippen LogP contribution in [-0.2, 0) is 38.6 Å². The highest BCUT2D eigenvalue weighted by atomic mass is 35.5. The van der Waals surface area contributed by atoms with Crippen LogP contribution in [0.3, 0.4) is 0 Å². The van der Waals surface area contributed by atoms with Gasteiger partial charge in [-0.1, -0.05) is 84.4 Å². The fourth-order valence-electron chi connectivity index (χ4n) is 8.41. The number of nitrogens with one attached hydrogen (secondary N) is 1. The van der Waals surface area contributed by atoms with Crippen LogP contribution in [0.25, 0.3) is 11.1 Å². The number of amides is 2. The topological polar surface area (TPSA) is 97.4 Å². The van der Waals surface area contributed by atoms with Gasteiger partial charge in [-0.2, -0.15) is 0 Å². The van der Waals surface area contributed by atoms with E-state index in [0.29, 0.717) is 99.0 Å². The van der Waals surface area contributed by atoms with Crippen molar-refractivity contribution >= 4 is 29.6 Å². The Morgan fingerprint density at radius 3 is 2.25 bits per heavy atom. The predicted molar refractivity (Wildman–Crippen MR) is 232 cm³/mol. The van der Waals surface area contributed by atoms with Crippen molar-refractivity contribution in [1.82, 2.24) is 15.1 Å². The summed E-state index contributed by atoms with van der Waals surface area (Å²) in [5, 5.41) is 3.63. The zero-order valence-corrected chi connectivity index (χ0v) is 36.1. The van der Waals surface area contributed by atoms with Crippen LogP contribution in [0.1, 0.15) is 57.2 Å². The van der Waals surface area contributed by atoms with E-state index >= 15 is 0 Å². The molecule has 12 heteroatoms. The van der Waals surface area contributed by atoms with Crippen LogP contribution in [0.2, 0.25) is 5.02 Å². The van der Waals surface area contributed by atoms with E-state index in [1.165, 1.54) is 6.07 Å². The van der Waals surface area contributed by atoms with Gasteiger partial charge >= 0.3 is 12.1 Å². The molecule has 4 aromatic carbocycles. The molecule has 2 amide bonds. The van der Waals surface area contributed by atoms with Gasteiger partial charge in [0.05, 0.1) is 26.2 Å². The number of benzene rings is 4. The number of piperazine rings is 1. The van der Waals surface area contributed by atoms with E-state index in [-0.39, 0.29) is 36.8 Å². The average molecular weight is 842 g/mol. The lowest BCUT2D eigenvalue weighted by molar-refractivity contribution is -0.926. The summed E-state index contributed by atoms with van der Waals surface area (Å²) in [5.41, 5.74) is 3.98. The molecule has 2 fully saturated rings. The molecule has 0 radical (unpaired) electrons. The minimum Gasteiger partial charge on any atom is -0.493 e. The number of hydrogen-bond acceptors (Lipinski definition) is 7. The molecule has 1 atom stereocenters. The van der Waals surface area contributed by atoms with Crippen molar-refractivity contribution in [3.63, 3.8) is 0 Å². The van der Waals surface area contributed by atoms with Crippen molar-refractivity contribution in [3.05, 3.63) is 125 Å². The molecule has 2 heterocycles. The maximum absolute atomic E-state index is 14.9. The van der Waals surface area contributed by atoms with Gasteiger partial charge in [-0.05, 0) is 80.1 Å². The third kappa shape index (κ3) is 12.3. The Hall–Kier alpha value is -4.97. The molecule has 10 nitrogen and oxygen atoms in total. The lowest BCUT2D eigenvalue weighted by Crippen LogP contribution is -2.62. The van der Waals surface area contributed by atoms with Crippen molar-refractivity contribution in [2.24, 2.45) is 5.92 Å². The summed E-state index contributed by atoms with van der Waals surface area (Å²) in [4.78, 5) is 45.4. The third-order valence-corrected chi connectivity index (χ3v) is 11.7. The van der Waals surface area contributed by atoms with Crippen molar-refractivity contribution in [2.45, 2.75) is 71.8 Å². The molecule has 0 spiro atoms. The summed E-state index contributed by atoms with van der Waals surface area (Å²) < 4.78 is 32.6. The van der Waals surface area contributed by atoms with Gasteiger partial charge in [-0.3, -0.25) is 9.69 Å². The first-order valence-corrected chi connectivity index (χ1v) is 21.5. The number of carbonyl (C=O) groups excluding carboxylic acids is 3. The first kappa shape index (κ1) is 44.6. The first-order chi connectivity index (χ1) is 28.8. The highest BCUT2D eigenvalue weighted by Gasteiger charge is 2.43. The molecule has 320 valence electrons. The monoisotopic (exact) mass is 841 g/mol. The molecule has 4 aromatic rings. The number of alkyl carbamates (subject to hydrolysis) is 1. The number of piperidine rings is 1. The fraction of sp³-hybridized carbons (Fsp3) is 0.438.